The van der Waals surface area contributed by atoms with Gasteiger partial charge >= 0.3 is 5.97 Å². The van der Waals surface area contributed by atoms with Gasteiger partial charge in [0.15, 0.2) is 11.5 Å². The number of ether oxygens (including phenoxy) is 1. The maximum atomic E-state index is 11.2. The first-order valence-corrected chi connectivity index (χ1v) is 6.54. The Morgan fingerprint density at radius 1 is 1.24 bits per heavy atom. The topological polar surface area (TPSA) is 75.6 Å². The first-order valence-electron chi connectivity index (χ1n) is 6.54. The zero-order valence-corrected chi connectivity index (χ0v) is 12.2. The molecule has 0 unspecified atom stereocenters. The Hall–Kier alpha value is -2.63. The molecule has 1 aromatic carbocycles. The summed E-state index contributed by atoms with van der Waals surface area (Å²) < 4.78 is 5.38. The zero-order chi connectivity index (χ0) is 15.4. The van der Waals surface area contributed by atoms with Crippen LogP contribution in [0.25, 0.3) is 11.4 Å². The van der Waals surface area contributed by atoms with Crippen LogP contribution in [0.3, 0.4) is 0 Å². The molecule has 0 saturated carbocycles. The number of aromatic carboxylic acids is 1. The quantitative estimate of drug-likeness (QED) is 0.909. The summed E-state index contributed by atoms with van der Waals surface area (Å²) >= 11 is 0. The van der Waals surface area contributed by atoms with Crippen LogP contribution in [0.1, 0.15) is 17.4 Å². The molecule has 1 heterocycles. The molecule has 1 aromatic heterocycles. The van der Waals surface area contributed by atoms with Crippen LogP contribution in [0.2, 0.25) is 0 Å². The fourth-order valence-corrected chi connectivity index (χ4v) is 1.77. The van der Waals surface area contributed by atoms with Crippen LogP contribution < -0.4 is 9.64 Å². The Labute approximate surface area is 123 Å². The SMILES string of the molecule is CCOc1ccc(-c2nc(C(=O)O)cc(N(C)C)n2)cc1. The molecular formula is C15H17N3O3. The Balaban J connectivity index is 2.44. The predicted octanol–water partition coefficient (Wildman–Crippen LogP) is 2.31. The first-order chi connectivity index (χ1) is 10.0. The molecule has 2 aromatic rings. The third-order valence-electron chi connectivity index (χ3n) is 2.81. The molecule has 0 aliphatic carbocycles. The number of carboxylic acids is 1. The summed E-state index contributed by atoms with van der Waals surface area (Å²) in [5.41, 5.74) is 0.710. The van der Waals surface area contributed by atoms with Gasteiger partial charge in [-0.05, 0) is 31.2 Å². The van der Waals surface area contributed by atoms with Crippen molar-refractivity contribution in [3.63, 3.8) is 0 Å². The standard InChI is InChI=1S/C15H17N3O3/c1-4-21-11-7-5-10(6-8-11)14-16-12(15(19)20)9-13(17-14)18(2)3/h5-9H,4H2,1-3H3,(H,19,20). The van der Waals surface area contributed by atoms with Crippen molar-refractivity contribution in [2.24, 2.45) is 0 Å². The molecule has 0 atom stereocenters. The summed E-state index contributed by atoms with van der Waals surface area (Å²) in [6.07, 6.45) is 0. The van der Waals surface area contributed by atoms with E-state index in [-0.39, 0.29) is 5.69 Å². The van der Waals surface area contributed by atoms with E-state index in [1.54, 1.807) is 19.0 Å². The highest BCUT2D eigenvalue weighted by molar-refractivity contribution is 5.87. The van der Waals surface area contributed by atoms with Gasteiger partial charge in [-0.15, -0.1) is 0 Å². The lowest BCUT2D eigenvalue weighted by molar-refractivity contribution is 0.0690. The van der Waals surface area contributed by atoms with Crippen molar-refractivity contribution in [3.8, 4) is 17.1 Å². The van der Waals surface area contributed by atoms with E-state index in [0.29, 0.717) is 18.2 Å². The minimum Gasteiger partial charge on any atom is -0.494 e. The Kier molecular flexibility index (Phi) is 4.37. The lowest BCUT2D eigenvalue weighted by Gasteiger charge is -2.13. The molecule has 0 spiro atoms. The van der Waals surface area contributed by atoms with Gasteiger partial charge in [0.2, 0.25) is 0 Å². The zero-order valence-electron chi connectivity index (χ0n) is 12.2. The summed E-state index contributed by atoms with van der Waals surface area (Å²) in [6, 6.07) is 8.69. The maximum Gasteiger partial charge on any atom is 0.354 e. The molecule has 6 heteroatoms. The van der Waals surface area contributed by atoms with Gasteiger partial charge in [-0.1, -0.05) is 0 Å². The highest BCUT2D eigenvalue weighted by Gasteiger charge is 2.13. The number of anilines is 1. The molecule has 6 nitrogen and oxygen atoms in total. The van der Waals surface area contributed by atoms with Gasteiger partial charge in [0.25, 0.3) is 0 Å². The van der Waals surface area contributed by atoms with Gasteiger partial charge in [0.1, 0.15) is 11.6 Å². The minimum atomic E-state index is -1.08. The lowest BCUT2D eigenvalue weighted by Crippen LogP contribution is -2.14. The summed E-state index contributed by atoms with van der Waals surface area (Å²) in [4.78, 5) is 21.4. The van der Waals surface area contributed by atoms with Crippen molar-refractivity contribution in [2.45, 2.75) is 6.92 Å². The van der Waals surface area contributed by atoms with Crippen LogP contribution in [0.4, 0.5) is 5.82 Å². The van der Waals surface area contributed by atoms with E-state index in [1.165, 1.54) is 6.07 Å². The van der Waals surface area contributed by atoms with Crippen molar-refractivity contribution in [3.05, 3.63) is 36.0 Å². The van der Waals surface area contributed by atoms with Crippen molar-refractivity contribution in [2.75, 3.05) is 25.6 Å². The fraction of sp³-hybridized carbons (Fsp3) is 0.267. The van der Waals surface area contributed by atoms with E-state index in [0.717, 1.165) is 11.3 Å². The largest absolute Gasteiger partial charge is 0.494 e. The van der Waals surface area contributed by atoms with E-state index in [2.05, 4.69) is 9.97 Å². The molecule has 0 aliphatic heterocycles. The summed E-state index contributed by atoms with van der Waals surface area (Å²) in [5.74, 6) is 0.601. The van der Waals surface area contributed by atoms with Crippen LogP contribution in [0.15, 0.2) is 30.3 Å². The Bertz CT molecular complexity index is 639. The molecule has 0 amide bonds. The molecule has 0 radical (unpaired) electrons. The van der Waals surface area contributed by atoms with Crippen LogP contribution in [0.5, 0.6) is 5.75 Å². The van der Waals surface area contributed by atoms with Crippen LogP contribution in [-0.2, 0) is 0 Å². The maximum absolute atomic E-state index is 11.2. The number of benzene rings is 1. The molecule has 2 rings (SSSR count). The van der Waals surface area contributed by atoms with E-state index >= 15 is 0 Å². The summed E-state index contributed by atoms with van der Waals surface area (Å²) in [6.45, 7) is 2.51. The van der Waals surface area contributed by atoms with Crippen molar-refractivity contribution in [1.29, 1.82) is 0 Å². The molecule has 0 saturated heterocycles. The van der Waals surface area contributed by atoms with E-state index in [4.69, 9.17) is 9.84 Å². The number of aromatic nitrogens is 2. The molecule has 0 aliphatic rings. The normalized spacial score (nSPS) is 10.2. The average Bonchev–Trinajstić information content (AvgIpc) is 2.47. The summed E-state index contributed by atoms with van der Waals surface area (Å²) in [5, 5.41) is 9.15. The van der Waals surface area contributed by atoms with Crippen LogP contribution in [0, 0.1) is 0 Å². The van der Waals surface area contributed by atoms with E-state index < -0.39 is 5.97 Å². The second-order valence-corrected chi connectivity index (χ2v) is 4.59. The molecule has 1 N–H and O–H groups in total. The van der Waals surface area contributed by atoms with Crippen LogP contribution in [-0.4, -0.2) is 41.7 Å². The highest BCUT2D eigenvalue weighted by atomic mass is 16.5. The molecule has 0 bridgehead atoms. The third kappa shape index (κ3) is 3.47. The van der Waals surface area contributed by atoms with Crippen molar-refractivity contribution >= 4 is 11.8 Å². The number of carboxylic acid groups (broad SMARTS) is 1. The second kappa shape index (κ2) is 6.21. The van der Waals surface area contributed by atoms with Gasteiger partial charge in [-0.25, -0.2) is 14.8 Å². The molecule has 0 fully saturated rings. The van der Waals surface area contributed by atoms with Crippen LogP contribution >= 0.6 is 0 Å². The van der Waals surface area contributed by atoms with Gasteiger partial charge in [0, 0.05) is 25.7 Å². The third-order valence-corrected chi connectivity index (χ3v) is 2.81. The van der Waals surface area contributed by atoms with E-state index in [1.807, 2.05) is 31.2 Å². The number of carbonyl (C=O) groups is 1. The molecular weight excluding hydrogens is 270 g/mol. The predicted molar refractivity (Wildman–Crippen MR) is 79.9 cm³/mol. The molecule has 21 heavy (non-hydrogen) atoms. The average molecular weight is 287 g/mol. The summed E-state index contributed by atoms with van der Waals surface area (Å²) in [7, 11) is 3.60. The second-order valence-electron chi connectivity index (χ2n) is 4.59. The number of nitrogens with zero attached hydrogens (tertiary/aromatic N) is 3. The lowest BCUT2D eigenvalue weighted by atomic mass is 10.2. The van der Waals surface area contributed by atoms with Gasteiger partial charge in [-0.3, -0.25) is 0 Å². The number of hydrogen-bond donors (Lipinski definition) is 1. The minimum absolute atomic E-state index is 0.0300. The Morgan fingerprint density at radius 2 is 1.90 bits per heavy atom. The van der Waals surface area contributed by atoms with Crippen molar-refractivity contribution in [1.82, 2.24) is 9.97 Å². The van der Waals surface area contributed by atoms with E-state index in [9.17, 15) is 4.79 Å². The van der Waals surface area contributed by atoms with Gasteiger partial charge in [0.05, 0.1) is 6.61 Å². The fourth-order valence-electron chi connectivity index (χ4n) is 1.77. The molecule has 110 valence electrons. The number of hydrogen-bond acceptors (Lipinski definition) is 5. The monoisotopic (exact) mass is 287 g/mol. The smallest absolute Gasteiger partial charge is 0.354 e. The number of rotatable bonds is 5. The van der Waals surface area contributed by atoms with Gasteiger partial charge in [-0.2, -0.15) is 0 Å². The van der Waals surface area contributed by atoms with Crippen molar-refractivity contribution < 1.29 is 14.6 Å². The van der Waals surface area contributed by atoms with Gasteiger partial charge < -0.3 is 14.7 Å². The Morgan fingerprint density at radius 3 is 2.43 bits per heavy atom. The highest BCUT2D eigenvalue weighted by Crippen LogP contribution is 2.22. The first kappa shape index (κ1) is 14.8.